The molecule has 1 aromatic carbocycles. The summed E-state index contributed by atoms with van der Waals surface area (Å²) in [4.78, 5) is 1.72. The maximum absolute atomic E-state index is 9.54. The molecule has 0 aliphatic carbocycles. The van der Waals surface area contributed by atoms with Crippen LogP contribution in [0.1, 0.15) is 16.7 Å². The third-order valence-electron chi connectivity index (χ3n) is 4.30. The number of aromatic nitrogens is 4. The van der Waals surface area contributed by atoms with Crippen LogP contribution >= 0.6 is 11.8 Å². The van der Waals surface area contributed by atoms with E-state index in [1.54, 1.807) is 21.6 Å². The average Bonchev–Trinajstić information content (AvgIpc) is 3.28. The normalized spacial score (nSPS) is 10.7. The van der Waals surface area contributed by atoms with Crippen molar-refractivity contribution in [3.63, 3.8) is 0 Å². The Balaban J connectivity index is 1.93. The van der Waals surface area contributed by atoms with Crippen molar-refractivity contribution in [3.8, 4) is 23.3 Å². The summed E-state index contributed by atoms with van der Waals surface area (Å²) in [5.41, 5.74) is 4.71. The Bertz CT molecular complexity index is 1250. The van der Waals surface area contributed by atoms with Crippen LogP contribution in [-0.4, -0.2) is 19.4 Å². The van der Waals surface area contributed by atoms with E-state index < -0.39 is 0 Å². The summed E-state index contributed by atoms with van der Waals surface area (Å²) in [6.45, 7) is 1.92. The smallest absolute Gasteiger partial charge is 0.103 e. The molecule has 6 nitrogen and oxygen atoms in total. The molecule has 0 unspecified atom stereocenters. The molecular formula is C20H14N6S. The van der Waals surface area contributed by atoms with Crippen LogP contribution in [0.15, 0.2) is 58.8 Å². The first-order chi connectivity index (χ1) is 13.1. The zero-order valence-electron chi connectivity index (χ0n) is 14.7. The standard InChI is InChI=1S/C20H14N6S/c1-13-4-3-5-18(17(13)8-22)27-19-6-14(16-10-23-25(2)11-16)12-26-20(19)15(7-21)9-24-26/h3-6,9-12H,1-2H3. The minimum absolute atomic E-state index is 0.501. The molecule has 0 saturated carbocycles. The molecule has 0 fully saturated rings. The third kappa shape index (κ3) is 2.95. The largest absolute Gasteiger partial charge is 0.275 e. The Morgan fingerprint density at radius 3 is 2.56 bits per heavy atom. The number of pyridine rings is 1. The first kappa shape index (κ1) is 16.9. The second kappa shape index (κ2) is 6.64. The van der Waals surface area contributed by atoms with E-state index in [1.165, 1.54) is 11.8 Å². The number of hydrogen-bond acceptors (Lipinski definition) is 5. The van der Waals surface area contributed by atoms with E-state index in [4.69, 9.17) is 0 Å². The van der Waals surface area contributed by atoms with Gasteiger partial charge in [-0.15, -0.1) is 0 Å². The summed E-state index contributed by atoms with van der Waals surface area (Å²) < 4.78 is 3.45. The Kier molecular flexibility index (Phi) is 4.15. The topological polar surface area (TPSA) is 82.7 Å². The van der Waals surface area contributed by atoms with Gasteiger partial charge in [-0.05, 0) is 24.6 Å². The molecule has 4 aromatic rings. The molecule has 0 spiro atoms. The van der Waals surface area contributed by atoms with Crippen LogP contribution in [0, 0.1) is 29.6 Å². The highest BCUT2D eigenvalue weighted by Crippen LogP contribution is 2.37. The van der Waals surface area contributed by atoms with Crippen molar-refractivity contribution < 1.29 is 0 Å². The SMILES string of the molecule is Cc1cccc(Sc2cc(-c3cnn(C)c3)cn3ncc(C#N)c23)c1C#N. The van der Waals surface area contributed by atoms with Gasteiger partial charge in [0.15, 0.2) is 0 Å². The van der Waals surface area contributed by atoms with Gasteiger partial charge >= 0.3 is 0 Å². The van der Waals surface area contributed by atoms with Crippen LogP contribution in [-0.2, 0) is 7.05 Å². The van der Waals surface area contributed by atoms with Crippen molar-refractivity contribution in [2.24, 2.45) is 7.05 Å². The van der Waals surface area contributed by atoms with E-state index in [2.05, 4.69) is 22.3 Å². The average molecular weight is 370 g/mol. The van der Waals surface area contributed by atoms with Gasteiger partial charge in [0.1, 0.15) is 12.1 Å². The summed E-state index contributed by atoms with van der Waals surface area (Å²) in [5, 5.41) is 27.6. The van der Waals surface area contributed by atoms with Gasteiger partial charge in [-0.25, -0.2) is 4.52 Å². The van der Waals surface area contributed by atoms with E-state index in [1.807, 2.05) is 50.6 Å². The Morgan fingerprint density at radius 2 is 1.85 bits per heavy atom. The fraction of sp³-hybridized carbons (Fsp3) is 0.100. The monoisotopic (exact) mass is 370 g/mol. The Hall–Kier alpha value is -3.55. The minimum atomic E-state index is 0.501. The number of benzene rings is 1. The van der Waals surface area contributed by atoms with Crippen molar-refractivity contribution in [2.75, 3.05) is 0 Å². The summed E-state index contributed by atoms with van der Waals surface area (Å²) in [6.07, 6.45) is 7.17. The van der Waals surface area contributed by atoms with E-state index in [9.17, 15) is 10.5 Å². The van der Waals surface area contributed by atoms with Gasteiger partial charge in [0.25, 0.3) is 0 Å². The van der Waals surface area contributed by atoms with Gasteiger partial charge in [0.2, 0.25) is 0 Å². The first-order valence-electron chi connectivity index (χ1n) is 8.19. The maximum Gasteiger partial charge on any atom is 0.103 e. The summed E-state index contributed by atoms with van der Waals surface area (Å²) in [6, 6.07) is 12.3. The maximum atomic E-state index is 9.54. The van der Waals surface area contributed by atoms with Crippen LogP contribution < -0.4 is 0 Å². The number of fused-ring (bicyclic) bond motifs is 1. The Labute approximate surface area is 160 Å². The van der Waals surface area contributed by atoms with Crippen molar-refractivity contribution in [1.29, 1.82) is 10.5 Å². The lowest BCUT2D eigenvalue weighted by Gasteiger charge is -2.10. The van der Waals surface area contributed by atoms with Gasteiger partial charge in [-0.2, -0.15) is 20.7 Å². The molecule has 0 N–H and O–H groups in total. The molecule has 3 heterocycles. The van der Waals surface area contributed by atoms with Crippen molar-refractivity contribution >= 4 is 17.3 Å². The molecular weight excluding hydrogens is 356 g/mol. The van der Waals surface area contributed by atoms with Crippen LogP contribution in [0.25, 0.3) is 16.6 Å². The lowest BCUT2D eigenvalue weighted by atomic mass is 10.1. The molecule has 0 bridgehead atoms. The van der Waals surface area contributed by atoms with Gasteiger partial charge in [-0.1, -0.05) is 23.9 Å². The fourth-order valence-electron chi connectivity index (χ4n) is 2.96. The van der Waals surface area contributed by atoms with Crippen LogP contribution in [0.5, 0.6) is 0 Å². The molecule has 27 heavy (non-hydrogen) atoms. The molecule has 0 aliphatic rings. The van der Waals surface area contributed by atoms with Gasteiger partial charge in [0.05, 0.1) is 29.0 Å². The van der Waals surface area contributed by atoms with Crippen LogP contribution in [0.2, 0.25) is 0 Å². The number of hydrogen-bond donors (Lipinski definition) is 0. The number of rotatable bonds is 3. The predicted molar refractivity (Wildman–Crippen MR) is 102 cm³/mol. The molecule has 0 saturated heterocycles. The highest BCUT2D eigenvalue weighted by atomic mass is 32.2. The second-order valence-electron chi connectivity index (χ2n) is 6.12. The van der Waals surface area contributed by atoms with E-state index in [0.717, 1.165) is 32.0 Å². The highest BCUT2D eigenvalue weighted by molar-refractivity contribution is 7.99. The van der Waals surface area contributed by atoms with Crippen molar-refractivity contribution in [3.05, 3.63) is 65.7 Å². The quantitative estimate of drug-likeness (QED) is 0.545. The molecule has 0 aliphatic heterocycles. The lowest BCUT2D eigenvalue weighted by Crippen LogP contribution is -1.93. The summed E-state index contributed by atoms with van der Waals surface area (Å²) in [7, 11) is 1.87. The van der Waals surface area contributed by atoms with Gasteiger partial charge in [0, 0.05) is 40.4 Å². The highest BCUT2D eigenvalue weighted by Gasteiger charge is 2.16. The number of nitrogens with zero attached hydrogens (tertiary/aromatic N) is 6. The van der Waals surface area contributed by atoms with E-state index in [-0.39, 0.29) is 0 Å². The zero-order chi connectivity index (χ0) is 19.0. The fourth-order valence-corrected chi connectivity index (χ4v) is 4.14. The van der Waals surface area contributed by atoms with E-state index >= 15 is 0 Å². The first-order valence-corrected chi connectivity index (χ1v) is 9.00. The molecule has 0 amide bonds. The molecule has 4 rings (SSSR count). The summed E-state index contributed by atoms with van der Waals surface area (Å²) in [5.74, 6) is 0. The van der Waals surface area contributed by atoms with Gasteiger partial charge < -0.3 is 0 Å². The molecule has 7 heteroatoms. The van der Waals surface area contributed by atoms with Gasteiger partial charge in [-0.3, -0.25) is 4.68 Å². The van der Waals surface area contributed by atoms with Crippen LogP contribution in [0.4, 0.5) is 0 Å². The van der Waals surface area contributed by atoms with E-state index in [0.29, 0.717) is 11.1 Å². The second-order valence-corrected chi connectivity index (χ2v) is 7.20. The third-order valence-corrected chi connectivity index (χ3v) is 5.39. The summed E-state index contributed by atoms with van der Waals surface area (Å²) >= 11 is 1.47. The lowest BCUT2D eigenvalue weighted by molar-refractivity contribution is 0.768. The minimum Gasteiger partial charge on any atom is -0.275 e. The Morgan fingerprint density at radius 1 is 1.00 bits per heavy atom. The predicted octanol–water partition coefficient (Wildman–Crippen LogP) is 3.94. The van der Waals surface area contributed by atoms with Crippen molar-refractivity contribution in [2.45, 2.75) is 16.7 Å². The van der Waals surface area contributed by atoms with Crippen molar-refractivity contribution in [1.82, 2.24) is 19.4 Å². The number of aryl methyl sites for hydroxylation is 2. The molecule has 3 aromatic heterocycles. The molecule has 130 valence electrons. The van der Waals surface area contributed by atoms with Crippen LogP contribution in [0.3, 0.4) is 0 Å². The zero-order valence-corrected chi connectivity index (χ0v) is 15.5. The molecule has 0 radical (unpaired) electrons. The molecule has 0 atom stereocenters. The number of nitriles is 2.